The lowest BCUT2D eigenvalue weighted by Crippen LogP contribution is -2.49. The van der Waals surface area contributed by atoms with Gasteiger partial charge in [-0.1, -0.05) is 0 Å². The minimum Gasteiger partial charge on any atom is -0.382 e. The van der Waals surface area contributed by atoms with Crippen molar-refractivity contribution in [2.24, 2.45) is 22.3 Å². The summed E-state index contributed by atoms with van der Waals surface area (Å²) in [5.41, 5.74) is 13.0. The molecule has 1 rings (SSSR count). The van der Waals surface area contributed by atoms with Gasteiger partial charge in [-0.3, -0.25) is 5.43 Å². The molecule has 0 saturated carbocycles. The number of hydrogen-bond donors (Lipinski definition) is 4. The largest absolute Gasteiger partial charge is 0.382 e. The highest BCUT2D eigenvalue weighted by Gasteiger charge is 2.01. The van der Waals surface area contributed by atoms with Crippen LogP contribution in [0.3, 0.4) is 0 Å². The maximum atomic E-state index is 5.25. The number of guanidine groups is 1. The van der Waals surface area contributed by atoms with E-state index in [0.717, 1.165) is 5.12 Å². The first-order valence-electron chi connectivity index (χ1n) is 2.30. The molecule has 9 heavy (non-hydrogen) atoms. The summed E-state index contributed by atoms with van der Waals surface area (Å²) in [7, 11) is 0. The van der Waals surface area contributed by atoms with Gasteiger partial charge >= 0.3 is 0 Å². The molecule has 0 aromatic carbocycles. The van der Waals surface area contributed by atoms with Crippen molar-refractivity contribution < 1.29 is 0 Å². The fourth-order valence-electron chi connectivity index (χ4n) is 0.500. The van der Waals surface area contributed by atoms with Crippen molar-refractivity contribution in [1.82, 2.24) is 10.5 Å². The number of hydrazine groups is 2. The molecule has 7 N–H and O–H groups in total. The van der Waals surface area contributed by atoms with E-state index in [1.807, 2.05) is 0 Å². The predicted molar refractivity (Wildman–Crippen MR) is 33.1 cm³/mol. The fraction of sp³-hybridized carbons (Fsp3) is 0. The van der Waals surface area contributed by atoms with Gasteiger partial charge in [0.05, 0.1) is 6.20 Å². The number of hydrogen-bond acceptors (Lipinski definition) is 6. The second kappa shape index (κ2) is 1.82. The molecule has 50 valence electrons. The molecule has 6 heteroatoms. The number of nitrogens with two attached hydrogens (primary N) is 3. The average molecular weight is 128 g/mol. The number of aliphatic imine (C=N–C) groups is 1. The zero-order chi connectivity index (χ0) is 6.85. The van der Waals surface area contributed by atoms with Crippen LogP contribution in [0.2, 0.25) is 0 Å². The summed E-state index contributed by atoms with van der Waals surface area (Å²) >= 11 is 0. The topological polar surface area (TPSA) is 106 Å². The van der Waals surface area contributed by atoms with E-state index >= 15 is 0 Å². The van der Waals surface area contributed by atoms with Gasteiger partial charge in [0.25, 0.3) is 0 Å². The van der Waals surface area contributed by atoms with Crippen molar-refractivity contribution in [3.8, 4) is 0 Å². The van der Waals surface area contributed by atoms with E-state index < -0.39 is 0 Å². The van der Waals surface area contributed by atoms with Crippen molar-refractivity contribution in [2.45, 2.75) is 0 Å². The number of rotatable bonds is 0. The van der Waals surface area contributed by atoms with Gasteiger partial charge in [-0.15, -0.1) is 0 Å². The average Bonchev–Trinajstić information content (AvgIpc) is 1.59. The molecule has 0 saturated heterocycles. The first-order chi connectivity index (χ1) is 4.18. The molecule has 0 amide bonds. The third kappa shape index (κ3) is 1.23. The van der Waals surface area contributed by atoms with Crippen LogP contribution in [-0.4, -0.2) is 11.1 Å². The molecular weight excluding hydrogens is 120 g/mol. The highest BCUT2D eigenvalue weighted by molar-refractivity contribution is 5.78. The second-order valence-electron chi connectivity index (χ2n) is 1.57. The van der Waals surface area contributed by atoms with Gasteiger partial charge in [-0.25, -0.2) is 11.0 Å². The summed E-state index contributed by atoms with van der Waals surface area (Å²) in [6.45, 7) is 0. The molecule has 0 aliphatic carbocycles. The van der Waals surface area contributed by atoms with Crippen LogP contribution in [0.15, 0.2) is 17.0 Å². The molecule has 0 unspecified atom stereocenters. The Morgan fingerprint density at radius 2 is 2.22 bits per heavy atom. The van der Waals surface area contributed by atoms with Crippen LogP contribution < -0.4 is 22.7 Å². The lowest BCUT2D eigenvalue weighted by Gasteiger charge is -2.18. The Kier molecular flexibility index (Phi) is 1.16. The first-order valence-corrected chi connectivity index (χ1v) is 2.30. The van der Waals surface area contributed by atoms with Crippen LogP contribution in [0.4, 0.5) is 0 Å². The molecule has 1 aliphatic rings. The summed E-state index contributed by atoms with van der Waals surface area (Å²) in [5.74, 6) is 5.70. The van der Waals surface area contributed by atoms with Crippen LogP contribution in [-0.2, 0) is 0 Å². The summed E-state index contributed by atoms with van der Waals surface area (Å²) in [6, 6.07) is 0. The van der Waals surface area contributed by atoms with Gasteiger partial charge in [0.1, 0.15) is 5.82 Å². The first kappa shape index (κ1) is 5.70. The highest BCUT2D eigenvalue weighted by Crippen LogP contribution is 1.90. The van der Waals surface area contributed by atoms with Crippen molar-refractivity contribution in [3.05, 3.63) is 12.0 Å². The molecule has 0 bridgehead atoms. The Morgan fingerprint density at radius 3 is 2.67 bits per heavy atom. The van der Waals surface area contributed by atoms with Crippen molar-refractivity contribution in [1.29, 1.82) is 0 Å². The van der Waals surface area contributed by atoms with Gasteiger partial charge in [0.2, 0.25) is 5.96 Å². The Hall–Kier alpha value is -1.43. The molecular formula is C3H8N6. The minimum atomic E-state index is 0.192. The van der Waals surface area contributed by atoms with Crippen LogP contribution >= 0.6 is 0 Å². The molecule has 0 atom stereocenters. The molecule has 1 aliphatic heterocycles. The lowest BCUT2D eigenvalue weighted by molar-refractivity contribution is 0.336. The second-order valence-corrected chi connectivity index (χ2v) is 1.57. The third-order valence-corrected chi connectivity index (χ3v) is 0.765. The maximum absolute atomic E-state index is 5.25. The molecule has 0 radical (unpaired) electrons. The summed E-state index contributed by atoms with van der Waals surface area (Å²) in [6.07, 6.45) is 1.41. The minimum absolute atomic E-state index is 0.192. The highest BCUT2D eigenvalue weighted by atomic mass is 15.7. The van der Waals surface area contributed by atoms with Crippen molar-refractivity contribution in [3.63, 3.8) is 0 Å². The molecule has 6 nitrogen and oxygen atoms in total. The zero-order valence-electron chi connectivity index (χ0n) is 4.70. The van der Waals surface area contributed by atoms with Crippen LogP contribution in [0.5, 0.6) is 0 Å². The monoisotopic (exact) mass is 128 g/mol. The van der Waals surface area contributed by atoms with E-state index in [9.17, 15) is 0 Å². The van der Waals surface area contributed by atoms with Gasteiger partial charge in [0.15, 0.2) is 0 Å². The zero-order valence-corrected chi connectivity index (χ0v) is 4.70. The van der Waals surface area contributed by atoms with Crippen molar-refractivity contribution >= 4 is 5.96 Å². The molecule has 0 fully saturated rings. The number of nitrogens with zero attached hydrogens (tertiary/aromatic N) is 2. The van der Waals surface area contributed by atoms with Gasteiger partial charge < -0.3 is 11.5 Å². The SMILES string of the molecule is NC1=CN(N)NC(N)=N1. The Bertz CT molecular complexity index is 169. The van der Waals surface area contributed by atoms with Crippen LogP contribution in [0.1, 0.15) is 0 Å². The third-order valence-electron chi connectivity index (χ3n) is 0.765. The molecule has 0 aromatic heterocycles. The van der Waals surface area contributed by atoms with E-state index in [4.69, 9.17) is 17.3 Å². The smallest absolute Gasteiger partial charge is 0.215 e. The van der Waals surface area contributed by atoms with E-state index in [-0.39, 0.29) is 11.8 Å². The molecule has 0 spiro atoms. The quantitative estimate of drug-likeness (QED) is 0.276. The Balaban J connectivity index is 2.74. The van der Waals surface area contributed by atoms with E-state index in [0.29, 0.717) is 0 Å². The summed E-state index contributed by atoms with van der Waals surface area (Å²) < 4.78 is 0. The Morgan fingerprint density at radius 1 is 1.56 bits per heavy atom. The maximum Gasteiger partial charge on any atom is 0.215 e. The normalized spacial score (nSPS) is 18.1. The van der Waals surface area contributed by atoms with E-state index in [2.05, 4.69) is 10.4 Å². The standard InChI is InChI=1S/C3H8N6/c4-2-1-9(6)8-3(5)7-2/h1H,4,6H2,(H3,5,7,8). The van der Waals surface area contributed by atoms with E-state index in [1.165, 1.54) is 6.20 Å². The Labute approximate surface area is 51.9 Å². The number of nitrogens with one attached hydrogen (secondary N) is 1. The lowest BCUT2D eigenvalue weighted by atomic mass is 10.7. The van der Waals surface area contributed by atoms with Crippen LogP contribution in [0.25, 0.3) is 0 Å². The van der Waals surface area contributed by atoms with Gasteiger partial charge in [0, 0.05) is 0 Å². The van der Waals surface area contributed by atoms with E-state index in [1.54, 1.807) is 0 Å². The summed E-state index contributed by atoms with van der Waals surface area (Å²) in [5, 5.41) is 1.14. The molecule has 1 heterocycles. The summed E-state index contributed by atoms with van der Waals surface area (Å²) in [4.78, 5) is 3.63. The van der Waals surface area contributed by atoms with Gasteiger partial charge in [-0.2, -0.15) is 4.99 Å². The fourth-order valence-corrected chi connectivity index (χ4v) is 0.500. The van der Waals surface area contributed by atoms with Crippen LogP contribution in [0, 0.1) is 0 Å². The predicted octanol–water partition coefficient (Wildman–Crippen LogP) is -2.25. The van der Waals surface area contributed by atoms with Gasteiger partial charge in [-0.05, 0) is 0 Å². The molecule has 0 aromatic rings. The van der Waals surface area contributed by atoms with Crippen molar-refractivity contribution in [2.75, 3.05) is 0 Å².